The summed E-state index contributed by atoms with van der Waals surface area (Å²) >= 11 is 0. The number of rotatable bonds is 5. The normalized spacial score (nSPS) is 26.1. The van der Waals surface area contributed by atoms with E-state index in [1.54, 1.807) is 12.1 Å². The Labute approximate surface area is 223 Å². The molecule has 3 aromatic rings. The van der Waals surface area contributed by atoms with Crippen molar-refractivity contribution < 1.29 is 17.9 Å². The maximum absolute atomic E-state index is 13.9. The molecule has 4 aliphatic rings. The summed E-state index contributed by atoms with van der Waals surface area (Å²) in [5, 5.41) is 1.09. The Bertz CT molecular complexity index is 1450. The topological polar surface area (TPSA) is 86.0 Å². The summed E-state index contributed by atoms with van der Waals surface area (Å²) in [6.45, 7) is 5.10. The van der Waals surface area contributed by atoms with Crippen molar-refractivity contribution in [1.29, 1.82) is 0 Å². The molecule has 1 aromatic heterocycles. The fourth-order valence-corrected chi connectivity index (χ4v) is 8.34. The van der Waals surface area contributed by atoms with Crippen LogP contribution in [-0.2, 0) is 19.6 Å². The first-order chi connectivity index (χ1) is 18.4. The number of aromatic nitrogens is 1. The van der Waals surface area contributed by atoms with E-state index in [0.717, 1.165) is 73.2 Å². The van der Waals surface area contributed by atoms with E-state index in [4.69, 9.17) is 4.74 Å². The van der Waals surface area contributed by atoms with Crippen LogP contribution in [0.1, 0.15) is 32.1 Å². The molecule has 8 nitrogen and oxygen atoms in total. The molecular formula is C29H34N4O4S. The number of hydrogen-bond acceptors (Lipinski definition) is 5. The summed E-state index contributed by atoms with van der Waals surface area (Å²) in [7, 11) is -3.83. The van der Waals surface area contributed by atoms with Crippen molar-refractivity contribution in [1.82, 2.24) is 14.2 Å². The second kappa shape index (κ2) is 9.10. The molecule has 0 radical (unpaired) electrons. The number of aromatic amines is 1. The molecule has 4 aliphatic heterocycles. The number of fused-ring (bicyclic) bond motifs is 1. The van der Waals surface area contributed by atoms with Crippen LogP contribution >= 0.6 is 0 Å². The number of likely N-dealkylation sites (tertiary alicyclic amines) is 1. The Morgan fingerprint density at radius 3 is 2.58 bits per heavy atom. The van der Waals surface area contributed by atoms with Gasteiger partial charge in [-0.05, 0) is 62.4 Å². The Morgan fingerprint density at radius 2 is 1.84 bits per heavy atom. The van der Waals surface area contributed by atoms with Crippen molar-refractivity contribution >= 4 is 32.5 Å². The maximum Gasteiger partial charge on any atom is 0.243 e. The Hall–Kier alpha value is -2.88. The minimum Gasteiger partial charge on any atom is -0.381 e. The van der Waals surface area contributed by atoms with Crippen LogP contribution in [-0.4, -0.2) is 80.5 Å². The van der Waals surface area contributed by atoms with Gasteiger partial charge in [0.15, 0.2) is 0 Å². The zero-order chi connectivity index (χ0) is 25.9. The van der Waals surface area contributed by atoms with Crippen LogP contribution in [0.2, 0.25) is 0 Å². The van der Waals surface area contributed by atoms with Crippen molar-refractivity contribution in [3.8, 4) is 11.3 Å². The second-order valence-electron chi connectivity index (χ2n) is 11.4. The van der Waals surface area contributed by atoms with Gasteiger partial charge >= 0.3 is 0 Å². The van der Waals surface area contributed by atoms with Crippen molar-refractivity contribution in [2.45, 2.75) is 43.0 Å². The average Bonchev–Trinajstić information content (AvgIpc) is 3.71. The lowest BCUT2D eigenvalue weighted by atomic mass is 9.87. The number of carbonyl (C=O) groups is 1. The number of benzene rings is 2. The minimum atomic E-state index is -3.83. The first-order valence-corrected chi connectivity index (χ1v) is 15.2. The number of H-pyrrole nitrogens is 1. The predicted molar refractivity (Wildman–Crippen MR) is 147 cm³/mol. The van der Waals surface area contributed by atoms with Gasteiger partial charge < -0.3 is 19.5 Å². The number of hydrogen-bond donors (Lipinski definition) is 1. The molecule has 1 amide bonds. The Balaban J connectivity index is 1.20. The standard InChI is InChI=1S/C29H34N4O4S/c34-28(32-15-10-29(19-32)11-16-37-20-29)27-9-14-33(27)38(35,36)22-7-8-26(31-12-3-4-13-31)23(18-22)25-17-21-5-1-2-6-24(21)30-25/h1-2,5-8,17-18,27,30H,3-4,9-16,19-20H2/t27-,29?/m0/s1. The number of ether oxygens (including phenoxy) is 1. The smallest absolute Gasteiger partial charge is 0.243 e. The van der Waals surface area contributed by atoms with E-state index in [-0.39, 0.29) is 16.2 Å². The highest BCUT2D eigenvalue weighted by Crippen LogP contribution is 2.41. The van der Waals surface area contributed by atoms with Crippen LogP contribution in [0.15, 0.2) is 53.4 Å². The lowest BCUT2D eigenvalue weighted by Gasteiger charge is -2.40. The quantitative estimate of drug-likeness (QED) is 0.538. The Kier molecular flexibility index (Phi) is 5.79. The van der Waals surface area contributed by atoms with Gasteiger partial charge in [-0.2, -0.15) is 4.31 Å². The molecule has 0 saturated carbocycles. The average molecular weight is 535 g/mol. The van der Waals surface area contributed by atoms with Gasteiger partial charge in [0, 0.05) is 72.6 Å². The summed E-state index contributed by atoms with van der Waals surface area (Å²) < 4.78 is 34.8. The molecule has 1 unspecified atom stereocenters. The fraction of sp³-hybridized carbons (Fsp3) is 0.483. The van der Waals surface area contributed by atoms with E-state index in [0.29, 0.717) is 32.7 Å². The summed E-state index contributed by atoms with van der Waals surface area (Å²) in [6.07, 6.45) is 4.74. The largest absolute Gasteiger partial charge is 0.381 e. The van der Waals surface area contributed by atoms with E-state index in [2.05, 4.69) is 22.0 Å². The van der Waals surface area contributed by atoms with Gasteiger partial charge in [-0.3, -0.25) is 4.79 Å². The van der Waals surface area contributed by atoms with Crippen molar-refractivity contribution in [2.75, 3.05) is 50.8 Å². The molecule has 4 saturated heterocycles. The summed E-state index contributed by atoms with van der Waals surface area (Å²) in [5.41, 5.74) is 3.92. The van der Waals surface area contributed by atoms with E-state index in [9.17, 15) is 13.2 Å². The van der Waals surface area contributed by atoms with Crippen LogP contribution in [0.5, 0.6) is 0 Å². The summed E-state index contributed by atoms with van der Waals surface area (Å²) in [6, 6.07) is 15.0. The minimum absolute atomic E-state index is 0.0585. The molecule has 2 atom stereocenters. The molecular weight excluding hydrogens is 500 g/mol. The number of amides is 1. The van der Waals surface area contributed by atoms with Crippen LogP contribution in [0.25, 0.3) is 22.2 Å². The third-order valence-corrected chi connectivity index (χ3v) is 10.9. The van der Waals surface area contributed by atoms with Crippen LogP contribution in [0.4, 0.5) is 5.69 Å². The van der Waals surface area contributed by atoms with Gasteiger partial charge in [0.2, 0.25) is 15.9 Å². The molecule has 5 heterocycles. The number of para-hydroxylation sites is 1. The molecule has 2 aromatic carbocycles. The number of nitrogens with zero attached hydrogens (tertiary/aromatic N) is 3. The molecule has 9 heteroatoms. The van der Waals surface area contributed by atoms with E-state index < -0.39 is 16.1 Å². The van der Waals surface area contributed by atoms with E-state index in [1.165, 1.54) is 4.31 Å². The molecule has 0 aliphatic carbocycles. The SMILES string of the molecule is O=C([C@@H]1CCN1S(=O)(=O)c1ccc(N2CCCC2)c(-c2cc3ccccc3[nH]2)c1)N1CCC2(CCOC2)C1. The zero-order valence-corrected chi connectivity index (χ0v) is 22.4. The predicted octanol–water partition coefficient (Wildman–Crippen LogP) is 3.84. The highest BCUT2D eigenvalue weighted by atomic mass is 32.2. The first kappa shape index (κ1) is 24.2. The van der Waals surface area contributed by atoms with Gasteiger partial charge in [-0.25, -0.2) is 8.42 Å². The lowest BCUT2D eigenvalue weighted by molar-refractivity contribution is -0.137. The van der Waals surface area contributed by atoms with Crippen molar-refractivity contribution in [2.24, 2.45) is 5.41 Å². The third kappa shape index (κ3) is 3.94. The Morgan fingerprint density at radius 1 is 1.00 bits per heavy atom. The summed E-state index contributed by atoms with van der Waals surface area (Å²) in [4.78, 5) is 21.4. The molecule has 4 fully saturated rings. The van der Waals surface area contributed by atoms with E-state index >= 15 is 0 Å². The highest BCUT2D eigenvalue weighted by Gasteiger charge is 2.49. The number of anilines is 1. The highest BCUT2D eigenvalue weighted by molar-refractivity contribution is 7.89. The molecule has 1 spiro atoms. The summed E-state index contributed by atoms with van der Waals surface area (Å²) in [5.74, 6) is -0.0619. The number of nitrogens with one attached hydrogen (secondary N) is 1. The molecule has 0 bridgehead atoms. The molecule has 1 N–H and O–H groups in total. The molecule has 7 rings (SSSR count). The number of sulfonamides is 1. The van der Waals surface area contributed by atoms with Gasteiger partial charge in [0.1, 0.15) is 6.04 Å². The maximum atomic E-state index is 13.9. The van der Waals surface area contributed by atoms with Crippen LogP contribution in [0.3, 0.4) is 0 Å². The lowest BCUT2D eigenvalue weighted by Crippen LogP contribution is -2.58. The monoisotopic (exact) mass is 534 g/mol. The number of carbonyl (C=O) groups excluding carboxylic acids is 1. The van der Waals surface area contributed by atoms with Crippen molar-refractivity contribution in [3.05, 3.63) is 48.5 Å². The van der Waals surface area contributed by atoms with Gasteiger partial charge in [0.05, 0.1) is 11.5 Å². The first-order valence-electron chi connectivity index (χ1n) is 13.8. The second-order valence-corrected chi connectivity index (χ2v) is 13.3. The van der Waals surface area contributed by atoms with Gasteiger partial charge in [-0.15, -0.1) is 0 Å². The van der Waals surface area contributed by atoms with Gasteiger partial charge in [-0.1, -0.05) is 18.2 Å². The fourth-order valence-electron chi connectivity index (χ4n) is 6.68. The zero-order valence-electron chi connectivity index (χ0n) is 21.6. The van der Waals surface area contributed by atoms with Crippen LogP contribution < -0.4 is 4.90 Å². The van der Waals surface area contributed by atoms with E-state index in [1.807, 2.05) is 29.2 Å². The molecule has 38 heavy (non-hydrogen) atoms. The van der Waals surface area contributed by atoms with Crippen molar-refractivity contribution in [3.63, 3.8) is 0 Å². The molecule has 200 valence electrons. The van der Waals surface area contributed by atoms with Crippen LogP contribution in [0, 0.1) is 5.41 Å². The van der Waals surface area contributed by atoms with Gasteiger partial charge in [0.25, 0.3) is 0 Å². The third-order valence-electron chi connectivity index (χ3n) is 9.03.